The molecule has 140 valence electrons. The number of hydrogen-bond acceptors (Lipinski definition) is 5. The molecule has 0 aliphatic rings. The Morgan fingerprint density at radius 3 is 2.56 bits per heavy atom. The molecule has 1 heterocycles. The zero-order valence-electron chi connectivity index (χ0n) is 13.7. The van der Waals surface area contributed by atoms with E-state index in [1.807, 2.05) is 18.2 Å². The van der Waals surface area contributed by atoms with Crippen molar-refractivity contribution in [1.82, 2.24) is 10.1 Å². The van der Waals surface area contributed by atoms with Crippen molar-refractivity contribution in [2.24, 2.45) is 0 Å². The first kappa shape index (κ1) is 19.1. The van der Waals surface area contributed by atoms with E-state index in [0.717, 1.165) is 22.2 Å². The number of aromatic nitrogens is 2. The lowest BCUT2D eigenvalue weighted by atomic mass is 10.1. The second-order valence-electron chi connectivity index (χ2n) is 5.55. The summed E-state index contributed by atoms with van der Waals surface area (Å²) in [7, 11) is 0. The van der Waals surface area contributed by atoms with Crippen molar-refractivity contribution in [3.8, 4) is 11.4 Å². The van der Waals surface area contributed by atoms with Crippen molar-refractivity contribution in [2.75, 3.05) is 0 Å². The van der Waals surface area contributed by atoms with Crippen LogP contribution in [0.5, 0.6) is 0 Å². The summed E-state index contributed by atoms with van der Waals surface area (Å²) in [6, 6.07) is 11.6. The van der Waals surface area contributed by atoms with Gasteiger partial charge in [0.05, 0.1) is 12.0 Å². The first-order valence-corrected chi connectivity index (χ1v) is 8.51. The third kappa shape index (κ3) is 5.16. The number of ether oxygens (including phenoxy) is 1. The molecule has 0 saturated carbocycles. The highest BCUT2D eigenvalue weighted by Gasteiger charge is 2.30. The first-order chi connectivity index (χ1) is 12.8. The van der Waals surface area contributed by atoms with E-state index >= 15 is 0 Å². The van der Waals surface area contributed by atoms with E-state index in [1.165, 1.54) is 12.1 Å². The summed E-state index contributed by atoms with van der Waals surface area (Å²) < 4.78 is 48.5. The summed E-state index contributed by atoms with van der Waals surface area (Å²) in [5, 5.41) is 3.82. The topological polar surface area (TPSA) is 65.2 Å². The highest BCUT2D eigenvalue weighted by Crippen LogP contribution is 2.29. The average Bonchev–Trinajstić information content (AvgIpc) is 3.09. The number of alkyl halides is 3. The molecule has 0 aliphatic carbocycles. The fourth-order valence-electron chi connectivity index (χ4n) is 2.23. The molecule has 0 unspecified atom stereocenters. The molecule has 0 amide bonds. The van der Waals surface area contributed by atoms with Crippen LogP contribution in [0.2, 0.25) is 0 Å². The average molecular weight is 441 g/mol. The summed E-state index contributed by atoms with van der Waals surface area (Å²) in [5.41, 5.74) is 0.370. The molecule has 0 aliphatic heterocycles. The van der Waals surface area contributed by atoms with Crippen molar-refractivity contribution >= 4 is 21.9 Å². The Bertz CT molecular complexity index is 940. The van der Waals surface area contributed by atoms with Crippen LogP contribution in [0.25, 0.3) is 11.4 Å². The Kier molecular flexibility index (Phi) is 5.59. The number of hydrogen-bond donors (Lipinski definition) is 0. The largest absolute Gasteiger partial charge is 0.455 e. The minimum absolute atomic E-state index is 0.116. The molecule has 0 spiro atoms. The second kappa shape index (κ2) is 7.91. The minimum atomic E-state index is -4.41. The molecule has 3 aromatic rings. The van der Waals surface area contributed by atoms with E-state index in [-0.39, 0.29) is 18.9 Å². The van der Waals surface area contributed by atoms with Crippen LogP contribution in [0.15, 0.2) is 57.5 Å². The van der Waals surface area contributed by atoms with Crippen LogP contribution in [-0.4, -0.2) is 16.1 Å². The van der Waals surface area contributed by atoms with Gasteiger partial charge >= 0.3 is 12.1 Å². The van der Waals surface area contributed by atoms with Gasteiger partial charge in [-0.2, -0.15) is 18.2 Å². The molecule has 0 atom stereocenters. The van der Waals surface area contributed by atoms with Crippen LogP contribution in [0.3, 0.4) is 0 Å². The molecular formula is C18H12BrF3N2O3. The number of carbonyl (C=O) groups is 1. The zero-order chi connectivity index (χ0) is 19.4. The van der Waals surface area contributed by atoms with E-state index in [2.05, 4.69) is 26.1 Å². The standard InChI is InChI=1S/C18H12BrF3N2O3/c19-14-3-1-2-12(9-14)17-23-15(27-24-17)10-26-16(25)8-11-4-6-13(7-5-11)18(20,21)22/h1-7,9H,8,10H2. The van der Waals surface area contributed by atoms with E-state index in [1.54, 1.807) is 6.07 Å². The van der Waals surface area contributed by atoms with Crippen LogP contribution in [0.1, 0.15) is 17.0 Å². The SMILES string of the molecule is O=C(Cc1ccc(C(F)(F)F)cc1)OCc1nc(-c2cccc(Br)c2)no1. The maximum atomic E-state index is 12.5. The summed E-state index contributed by atoms with van der Waals surface area (Å²) in [6.45, 7) is -0.222. The minimum Gasteiger partial charge on any atom is -0.455 e. The Morgan fingerprint density at radius 1 is 1.15 bits per heavy atom. The molecule has 0 saturated heterocycles. The lowest BCUT2D eigenvalue weighted by Crippen LogP contribution is -2.09. The van der Waals surface area contributed by atoms with Gasteiger partial charge in [-0.05, 0) is 29.8 Å². The van der Waals surface area contributed by atoms with Gasteiger partial charge in [0.15, 0.2) is 6.61 Å². The fraction of sp³-hybridized carbons (Fsp3) is 0.167. The molecule has 5 nitrogen and oxygen atoms in total. The van der Waals surface area contributed by atoms with Crippen molar-refractivity contribution < 1.29 is 27.2 Å². The zero-order valence-corrected chi connectivity index (χ0v) is 15.3. The van der Waals surface area contributed by atoms with Gasteiger partial charge in [0.2, 0.25) is 5.82 Å². The van der Waals surface area contributed by atoms with Gasteiger partial charge in [-0.3, -0.25) is 4.79 Å². The summed E-state index contributed by atoms with van der Waals surface area (Å²) >= 11 is 3.34. The number of halogens is 4. The molecule has 27 heavy (non-hydrogen) atoms. The number of rotatable bonds is 5. The predicted molar refractivity (Wildman–Crippen MR) is 92.4 cm³/mol. The quantitative estimate of drug-likeness (QED) is 0.533. The Labute approximate surface area is 160 Å². The first-order valence-electron chi connectivity index (χ1n) is 7.71. The highest BCUT2D eigenvalue weighted by atomic mass is 79.9. The van der Waals surface area contributed by atoms with E-state index in [9.17, 15) is 18.0 Å². The number of nitrogens with zero attached hydrogens (tertiary/aromatic N) is 2. The number of esters is 1. The van der Waals surface area contributed by atoms with Crippen LogP contribution < -0.4 is 0 Å². The molecular weight excluding hydrogens is 429 g/mol. The lowest BCUT2D eigenvalue weighted by Gasteiger charge is -2.07. The van der Waals surface area contributed by atoms with Crippen molar-refractivity contribution in [1.29, 1.82) is 0 Å². The van der Waals surface area contributed by atoms with Crippen molar-refractivity contribution in [3.05, 3.63) is 70.0 Å². The van der Waals surface area contributed by atoms with Crippen molar-refractivity contribution in [2.45, 2.75) is 19.2 Å². The third-order valence-corrected chi connectivity index (χ3v) is 4.03. The maximum Gasteiger partial charge on any atom is 0.416 e. The molecule has 0 N–H and O–H groups in total. The predicted octanol–water partition coefficient (Wildman–Crippen LogP) is 4.80. The van der Waals surface area contributed by atoms with Gasteiger partial charge in [0, 0.05) is 10.0 Å². The summed E-state index contributed by atoms with van der Waals surface area (Å²) in [6.07, 6.45) is -4.58. The monoisotopic (exact) mass is 440 g/mol. The van der Waals surface area contributed by atoms with Crippen LogP contribution in [-0.2, 0) is 28.7 Å². The molecule has 2 aromatic carbocycles. The normalized spacial score (nSPS) is 11.4. The Morgan fingerprint density at radius 2 is 1.89 bits per heavy atom. The number of carbonyl (C=O) groups excluding carboxylic acids is 1. The third-order valence-electron chi connectivity index (χ3n) is 3.54. The Balaban J connectivity index is 1.55. The Hall–Kier alpha value is -2.68. The van der Waals surface area contributed by atoms with Crippen LogP contribution in [0.4, 0.5) is 13.2 Å². The van der Waals surface area contributed by atoms with Gasteiger partial charge < -0.3 is 9.26 Å². The maximum absolute atomic E-state index is 12.5. The molecule has 0 bridgehead atoms. The van der Waals surface area contributed by atoms with E-state index in [0.29, 0.717) is 11.4 Å². The molecule has 0 fully saturated rings. The van der Waals surface area contributed by atoms with E-state index in [4.69, 9.17) is 9.26 Å². The smallest absolute Gasteiger partial charge is 0.416 e. The second-order valence-corrected chi connectivity index (χ2v) is 6.47. The van der Waals surface area contributed by atoms with Gasteiger partial charge in [-0.15, -0.1) is 0 Å². The highest BCUT2D eigenvalue weighted by molar-refractivity contribution is 9.10. The molecule has 0 radical (unpaired) electrons. The van der Waals surface area contributed by atoms with Gasteiger partial charge in [-0.25, -0.2) is 0 Å². The molecule has 1 aromatic heterocycles. The fourth-order valence-corrected chi connectivity index (χ4v) is 2.63. The summed E-state index contributed by atoms with van der Waals surface area (Å²) in [4.78, 5) is 16.0. The van der Waals surface area contributed by atoms with Crippen LogP contribution >= 0.6 is 15.9 Å². The molecule has 9 heteroatoms. The molecule has 3 rings (SSSR count). The summed E-state index contributed by atoms with van der Waals surface area (Å²) in [5.74, 6) is -0.146. The lowest BCUT2D eigenvalue weighted by molar-refractivity contribution is -0.144. The van der Waals surface area contributed by atoms with Gasteiger partial charge in [-0.1, -0.05) is 45.4 Å². The van der Waals surface area contributed by atoms with Gasteiger partial charge in [0.1, 0.15) is 0 Å². The van der Waals surface area contributed by atoms with Crippen molar-refractivity contribution in [3.63, 3.8) is 0 Å². The number of benzene rings is 2. The van der Waals surface area contributed by atoms with Crippen LogP contribution in [0, 0.1) is 0 Å². The van der Waals surface area contributed by atoms with Gasteiger partial charge in [0.25, 0.3) is 5.89 Å². The van der Waals surface area contributed by atoms with E-state index < -0.39 is 17.7 Å².